The Morgan fingerprint density at radius 2 is 1.97 bits per heavy atom. The van der Waals surface area contributed by atoms with Crippen LogP contribution in [0.3, 0.4) is 0 Å². The number of hydrogen-bond acceptors (Lipinski definition) is 3. The van der Waals surface area contributed by atoms with Crippen molar-refractivity contribution in [1.82, 2.24) is 20.9 Å². The van der Waals surface area contributed by atoms with Gasteiger partial charge in [-0.25, -0.2) is 4.39 Å². The number of aliphatic imine (C=N–C) groups is 1. The third-order valence-corrected chi connectivity index (χ3v) is 4.95. The average Bonchev–Trinajstić information content (AvgIpc) is 2.71. The number of hydrogen-bond donors (Lipinski definition) is 3. The summed E-state index contributed by atoms with van der Waals surface area (Å²) in [6.07, 6.45) is 2.65. The smallest absolute Gasteiger partial charge is 0.224 e. The van der Waals surface area contributed by atoms with Gasteiger partial charge < -0.3 is 20.9 Å². The summed E-state index contributed by atoms with van der Waals surface area (Å²) in [5, 5.41) is 8.81. The third-order valence-electron chi connectivity index (χ3n) is 4.95. The Morgan fingerprint density at radius 1 is 1.21 bits per heavy atom. The van der Waals surface area contributed by atoms with E-state index in [0.717, 1.165) is 38.4 Å². The van der Waals surface area contributed by atoms with E-state index in [1.807, 2.05) is 6.92 Å². The van der Waals surface area contributed by atoms with Crippen molar-refractivity contribution in [3.05, 3.63) is 35.6 Å². The maximum Gasteiger partial charge on any atom is 0.224 e. The summed E-state index contributed by atoms with van der Waals surface area (Å²) in [6, 6.07) is 6.06. The summed E-state index contributed by atoms with van der Waals surface area (Å²) in [6.45, 7) is 5.40. The van der Waals surface area contributed by atoms with E-state index >= 15 is 0 Å². The van der Waals surface area contributed by atoms with Crippen LogP contribution in [0.5, 0.6) is 0 Å². The number of nitrogens with zero attached hydrogens (tertiary/aromatic N) is 2. The first kappa shape index (κ1) is 22.6. The number of rotatable bonds is 8. The highest BCUT2D eigenvalue weighted by molar-refractivity contribution is 5.80. The van der Waals surface area contributed by atoms with Crippen LogP contribution in [0.15, 0.2) is 29.3 Å². The minimum atomic E-state index is -0.339. The van der Waals surface area contributed by atoms with Gasteiger partial charge in [-0.15, -0.1) is 0 Å². The summed E-state index contributed by atoms with van der Waals surface area (Å²) in [7, 11) is 1.67. The molecule has 1 aliphatic rings. The lowest BCUT2D eigenvalue weighted by Gasteiger charge is -2.34. The lowest BCUT2D eigenvalue weighted by atomic mass is 9.93. The third kappa shape index (κ3) is 8.09. The van der Waals surface area contributed by atoms with Crippen LogP contribution in [0.2, 0.25) is 0 Å². The second-order valence-electron chi connectivity index (χ2n) is 7.20. The largest absolute Gasteiger partial charge is 0.359 e. The van der Waals surface area contributed by atoms with Crippen molar-refractivity contribution in [3.8, 4) is 0 Å². The molecule has 0 radical (unpaired) electrons. The van der Waals surface area contributed by atoms with E-state index in [4.69, 9.17) is 0 Å². The summed E-state index contributed by atoms with van der Waals surface area (Å²) >= 11 is 0. The van der Waals surface area contributed by atoms with Crippen molar-refractivity contribution >= 4 is 17.8 Å². The number of likely N-dealkylation sites (tertiary alicyclic amines) is 1. The van der Waals surface area contributed by atoms with Crippen LogP contribution in [0.4, 0.5) is 4.39 Å². The first-order chi connectivity index (χ1) is 14.0. The van der Waals surface area contributed by atoms with Gasteiger partial charge in [0, 0.05) is 39.6 Å². The first-order valence-corrected chi connectivity index (χ1v) is 10.3. The second kappa shape index (κ2) is 12.0. The zero-order valence-electron chi connectivity index (χ0n) is 17.3. The summed E-state index contributed by atoms with van der Waals surface area (Å²) < 4.78 is 13.2. The molecular weight excluding hydrogens is 373 g/mol. The summed E-state index contributed by atoms with van der Waals surface area (Å²) in [5.74, 6) is 0.861. The lowest BCUT2D eigenvalue weighted by Crippen LogP contribution is -2.46. The molecule has 1 aromatic carbocycles. The molecule has 7 nitrogen and oxygen atoms in total. The van der Waals surface area contributed by atoms with Crippen LogP contribution in [-0.4, -0.2) is 62.4 Å². The zero-order chi connectivity index (χ0) is 21.1. The first-order valence-electron chi connectivity index (χ1n) is 10.3. The van der Waals surface area contributed by atoms with E-state index in [1.165, 1.54) is 12.1 Å². The van der Waals surface area contributed by atoms with Crippen molar-refractivity contribution in [2.45, 2.75) is 32.6 Å². The number of carbonyl (C=O) groups is 2. The van der Waals surface area contributed by atoms with Crippen LogP contribution in [-0.2, 0) is 16.0 Å². The molecule has 1 saturated heterocycles. The molecule has 8 heteroatoms. The van der Waals surface area contributed by atoms with Crippen molar-refractivity contribution in [2.24, 2.45) is 10.9 Å². The van der Waals surface area contributed by atoms with Gasteiger partial charge >= 0.3 is 0 Å². The Hall–Kier alpha value is -2.64. The van der Waals surface area contributed by atoms with E-state index in [-0.39, 0.29) is 24.1 Å². The summed E-state index contributed by atoms with van der Waals surface area (Å²) in [5.41, 5.74) is 0.652. The lowest BCUT2D eigenvalue weighted by molar-refractivity contribution is -0.122. The molecule has 2 amide bonds. The maximum absolute atomic E-state index is 13.2. The highest BCUT2D eigenvalue weighted by atomic mass is 19.1. The van der Waals surface area contributed by atoms with E-state index < -0.39 is 0 Å². The molecular formula is C21H32FN5O2. The minimum absolute atomic E-state index is 0.0954. The number of halogens is 1. The SMILES string of the molecule is CCNC(=NCCNC(=O)Cc1cccc(F)c1)N1CCC(CC(=O)NC)CC1. The van der Waals surface area contributed by atoms with Crippen LogP contribution in [0.1, 0.15) is 31.7 Å². The molecule has 3 N–H and O–H groups in total. The molecule has 0 aromatic heterocycles. The normalized spacial score (nSPS) is 15.1. The zero-order valence-corrected chi connectivity index (χ0v) is 17.3. The van der Waals surface area contributed by atoms with Gasteiger partial charge in [-0.1, -0.05) is 12.1 Å². The van der Waals surface area contributed by atoms with Crippen LogP contribution in [0, 0.1) is 11.7 Å². The number of guanidine groups is 1. The monoisotopic (exact) mass is 405 g/mol. The van der Waals surface area contributed by atoms with E-state index in [0.29, 0.717) is 31.0 Å². The van der Waals surface area contributed by atoms with Crippen molar-refractivity contribution in [2.75, 3.05) is 39.8 Å². The van der Waals surface area contributed by atoms with Crippen LogP contribution >= 0.6 is 0 Å². The van der Waals surface area contributed by atoms with Gasteiger partial charge in [0.25, 0.3) is 0 Å². The molecule has 1 aliphatic heterocycles. The Kier molecular flexibility index (Phi) is 9.40. The molecule has 1 aromatic rings. The molecule has 0 spiro atoms. The standard InChI is InChI=1S/C21H32FN5O2/c1-3-24-21(27-11-7-16(8-12-27)14-19(28)23-2)26-10-9-25-20(29)15-17-5-4-6-18(22)13-17/h4-6,13,16H,3,7-12,14-15H2,1-2H3,(H,23,28)(H,24,26)(H,25,29). The molecule has 0 unspecified atom stereocenters. The van der Waals surface area contributed by atoms with E-state index in [2.05, 4.69) is 25.8 Å². The number of carbonyl (C=O) groups excluding carboxylic acids is 2. The number of nitrogens with one attached hydrogen (secondary N) is 3. The highest BCUT2D eigenvalue weighted by Crippen LogP contribution is 2.20. The molecule has 1 fully saturated rings. The second-order valence-corrected chi connectivity index (χ2v) is 7.20. The molecule has 29 heavy (non-hydrogen) atoms. The maximum atomic E-state index is 13.2. The van der Waals surface area contributed by atoms with Gasteiger partial charge in [0.05, 0.1) is 13.0 Å². The van der Waals surface area contributed by atoms with Crippen molar-refractivity contribution in [1.29, 1.82) is 0 Å². The Bertz CT molecular complexity index is 702. The van der Waals surface area contributed by atoms with E-state index in [1.54, 1.807) is 19.2 Å². The molecule has 0 atom stereocenters. The highest BCUT2D eigenvalue weighted by Gasteiger charge is 2.23. The topological polar surface area (TPSA) is 85.8 Å². The molecule has 0 saturated carbocycles. The number of amides is 2. The summed E-state index contributed by atoms with van der Waals surface area (Å²) in [4.78, 5) is 30.4. The average molecular weight is 406 g/mol. The van der Waals surface area contributed by atoms with Gasteiger partial charge in [0.1, 0.15) is 5.82 Å². The van der Waals surface area contributed by atoms with Crippen LogP contribution < -0.4 is 16.0 Å². The van der Waals surface area contributed by atoms with Crippen LogP contribution in [0.25, 0.3) is 0 Å². The van der Waals surface area contributed by atoms with E-state index in [9.17, 15) is 14.0 Å². The van der Waals surface area contributed by atoms with Crippen molar-refractivity contribution in [3.63, 3.8) is 0 Å². The fraction of sp³-hybridized carbons (Fsp3) is 0.571. The molecule has 0 aliphatic carbocycles. The minimum Gasteiger partial charge on any atom is -0.359 e. The Labute approximate surface area is 172 Å². The molecule has 160 valence electrons. The van der Waals surface area contributed by atoms with Gasteiger partial charge in [-0.05, 0) is 43.4 Å². The van der Waals surface area contributed by atoms with Gasteiger partial charge in [-0.2, -0.15) is 0 Å². The van der Waals surface area contributed by atoms with Gasteiger partial charge in [-0.3, -0.25) is 14.6 Å². The Morgan fingerprint density at radius 3 is 2.62 bits per heavy atom. The van der Waals surface area contributed by atoms with Gasteiger partial charge in [0.15, 0.2) is 5.96 Å². The number of benzene rings is 1. The fourth-order valence-corrected chi connectivity index (χ4v) is 3.39. The predicted octanol–water partition coefficient (Wildman–Crippen LogP) is 1.30. The molecule has 2 rings (SSSR count). The quantitative estimate of drug-likeness (QED) is 0.346. The number of piperidine rings is 1. The predicted molar refractivity (Wildman–Crippen MR) is 112 cm³/mol. The fourth-order valence-electron chi connectivity index (χ4n) is 3.39. The Balaban J connectivity index is 1.76. The molecule has 0 bridgehead atoms. The van der Waals surface area contributed by atoms with Gasteiger partial charge in [0.2, 0.25) is 11.8 Å². The molecule has 1 heterocycles. The van der Waals surface area contributed by atoms with Crippen molar-refractivity contribution < 1.29 is 14.0 Å².